The summed E-state index contributed by atoms with van der Waals surface area (Å²) in [4.78, 5) is 29.2. The van der Waals surface area contributed by atoms with Crippen molar-refractivity contribution in [1.29, 1.82) is 0 Å². The summed E-state index contributed by atoms with van der Waals surface area (Å²) in [5.41, 5.74) is 4.26. The van der Waals surface area contributed by atoms with Gasteiger partial charge >= 0.3 is 0 Å². The van der Waals surface area contributed by atoms with Crippen LogP contribution in [-0.2, 0) is 28.8 Å². The number of anilines is 1. The molecule has 0 bridgehead atoms. The lowest BCUT2D eigenvalue weighted by Crippen LogP contribution is -2.49. The molecule has 1 atom stereocenters. The number of aromatic nitrogens is 3. The fourth-order valence-electron chi connectivity index (χ4n) is 4.40. The van der Waals surface area contributed by atoms with Crippen LogP contribution in [0.1, 0.15) is 23.2 Å². The third-order valence-corrected chi connectivity index (χ3v) is 6.09. The van der Waals surface area contributed by atoms with E-state index in [9.17, 15) is 4.79 Å². The number of carbonyl (C=O) groups excluding carboxylic acids is 1. The van der Waals surface area contributed by atoms with Gasteiger partial charge in [0, 0.05) is 48.7 Å². The number of benzene rings is 1. The zero-order chi connectivity index (χ0) is 21.8. The normalized spacial score (nSPS) is 16.4. The number of morpholine rings is 1. The molecule has 0 radical (unpaired) electrons. The van der Waals surface area contributed by atoms with Gasteiger partial charge in [-0.05, 0) is 37.0 Å². The molecular formula is C25H27N5O2. The zero-order valence-electron chi connectivity index (χ0n) is 18.0. The van der Waals surface area contributed by atoms with Crippen molar-refractivity contribution < 1.29 is 9.53 Å². The van der Waals surface area contributed by atoms with E-state index in [4.69, 9.17) is 14.7 Å². The standard InChI is InChI=1S/C25H27N5O2/c31-25(30-13-15-32-16-14-30)22(17-18-5-2-1-3-6-18)28-24-20-7-4-8-21(20)27-23(29-24)19-9-11-26-12-10-19/h1-3,5-6,9-12,22H,4,7-8,13-17H2,(H,27,28,29). The molecule has 2 aromatic heterocycles. The van der Waals surface area contributed by atoms with Crippen LogP contribution in [0.2, 0.25) is 0 Å². The van der Waals surface area contributed by atoms with Crippen molar-refractivity contribution in [1.82, 2.24) is 19.9 Å². The molecule has 2 aliphatic rings. The van der Waals surface area contributed by atoms with Crippen LogP contribution in [0, 0.1) is 0 Å². The lowest BCUT2D eigenvalue weighted by atomic mass is 10.0. The maximum absolute atomic E-state index is 13.5. The van der Waals surface area contributed by atoms with E-state index in [-0.39, 0.29) is 5.91 Å². The van der Waals surface area contributed by atoms with Crippen molar-refractivity contribution in [2.24, 2.45) is 0 Å². The van der Waals surface area contributed by atoms with Crippen LogP contribution >= 0.6 is 0 Å². The number of fused-ring (bicyclic) bond motifs is 1. The number of nitrogens with one attached hydrogen (secondary N) is 1. The third-order valence-electron chi connectivity index (χ3n) is 6.09. The van der Waals surface area contributed by atoms with Gasteiger partial charge in [0.15, 0.2) is 5.82 Å². The van der Waals surface area contributed by atoms with E-state index in [1.54, 1.807) is 12.4 Å². The predicted molar refractivity (Wildman–Crippen MR) is 122 cm³/mol. The summed E-state index contributed by atoms with van der Waals surface area (Å²) in [5.74, 6) is 1.54. The van der Waals surface area contributed by atoms with E-state index in [0.717, 1.165) is 47.5 Å². The van der Waals surface area contributed by atoms with Crippen LogP contribution in [0.5, 0.6) is 0 Å². The minimum Gasteiger partial charge on any atom is -0.378 e. The molecule has 3 aromatic rings. The van der Waals surface area contributed by atoms with Crippen molar-refractivity contribution in [3.63, 3.8) is 0 Å². The van der Waals surface area contributed by atoms with Crippen molar-refractivity contribution in [3.05, 3.63) is 71.7 Å². The van der Waals surface area contributed by atoms with Gasteiger partial charge in [-0.1, -0.05) is 30.3 Å². The number of pyridine rings is 1. The molecule has 1 unspecified atom stereocenters. The fourth-order valence-corrected chi connectivity index (χ4v) is 4.40. The molecule has 1 N–H and O–H groups in total. The summed E-state index contributed by atoms with van der Waals surface area (Å²) in [5, 5.41) is 3.54. The van der Waals surface area contributed by atoms with Gasteiger partial charge in [-0.25, -0.2) is 9.97 Å². The second kappa shape index (κ2) is 9.44. The van der Waals surface area contributed by atoms with Crippen molar-refractivity contribution in [2.45, 2.75) is 31.7 Å². The quantitative estimate of drug-likeness (QED) is 0.649. The highest BCUT2D eigenvalue weighted by Gasteiger charge is 2.29. The van der Waals surface area contributed by atoms with Crippen LogP contribution in [0.3, 0.4) is 0 Å². The van der Waals surface area contributed by atoms with Gasteiger partial charge in [0.05, 0.1) is 13.2 Å². The number of hydrogen-bond acceptors (Lipinski definition) is 6. The molecule has 1 aliphatic heterocycles. The molecule has 1 fully saturated rings. The molecule has 1 aromatic carbocycles. The van der Waals surface area contributed by atoms with E-state index in [0.29, 0.717) is 38.5 Å². The summed E-state index contributed by atoms with van der Waals surface area (Å²) >= 11 is 0. The maximum Gasteiger partial charge on any atom is 0.245 e. The number of carbonyl (C=O) groups is 1. The highest BCUT2D eigenvalue weighted by molar-refractivity contribution is 5.85. The predicted octanol–water partition coefficient (Wildman–Crippen LogP) is 2.91. The monoisotopic (exact) mass is 429 g/mol. The summed E-state index contributed by atoms with van der Waals surface area (Å²) in [6, 6.07) is 13.6. The van der Waals surface area contributed by atoms with E-state index in [1.165, 1.54) is 0 Å². The smallest absolute Gasteiger partial charge is 0.245 e. The number of aryl methyl sites for hydroxylation is 1. The maximum atomic E-state index is 13.5. The van der Waals surface area contributed by atoms with Gasteiger partial charge in [0.25, 0.3) is 0 Å². The molecule has 1 aliphatic carbocycles. The average molecular weight is 430 g/mol. The van der Waals surface area contributed by atoms with Crippen LogP contribution in [0.15, 0.2) is 54.9 Å². The van der Waals surface area contributed by atoms with Gasteiger partial charge < -0.3 is 15.0 Å². The second-order valence-corrected chi connectivity index (χ2v) is 8.23. The Morgan fingerprint density at radius 1 is 1.03 bits per heavy atom. The molecule has 164 valence electrons. The Bertz CT molecular complexity index is 1070. The SMILES string of the molecule is O=C(C(Cc1ccccc1)Nc1nc(-c2ccncc2)nc2c1CCC2)N1CCOCC1. The molecule has 7 heteroatoms. The molecular weight excluding hydrogens is 402 g/mol. The van der Waals surface area contributed by atoms with E-state index in [1.807, 2.05) is 35.2 Å². The molecule has 32 heavy (non-hydrogen) atoms. The minimum absolute atomic E-state index is 0.0907. The lowest BCUT2D eigenvalue weighted by Gasteiger charge is -2.31. The van der Waals surface area contributed by atoms with Gasteiger partial charge in [0.2, 0.25) is 5.91 Å². The Morgan fingerprint density at radius 3 is 2.59 bits per heavy atom. The fraction of sp³-hybridized carbons (Fsp3) is 0.360. The van der Waals surface area contributed by atoms with Gasteiger partial charge in [-0.2, -0.15) is 0 Å². The highest BCUT2D eigenvalue weighted by atomic mass is 16.5. The Balaban J connectivity index is 1.48. The minimum atomic E-state index is -0.402. The number of hydrogen-bond donors (Lipinski definition) is 1. The number of nitrogens with zero attached hydrogens (tertiary/aromatic N) is 4. The van der Waals surface area contributed by atoms with Crippen molar-refractivity contribution >= 4 is 11.7 Å². The Morgan fingerprint density at radius 2 is 1.81 bits per heavy atom. The van der Waals surface area contributed by atoms with Crippen molar-refractivity contribution in [2.75, 3.05) is 31.6 Å². The summed E-state index contributed by atoms with van der Waals surface area (Å²) in [6.45, 7) is 2.41. The number of rotatable bonds is 6. The first-order valence-corrected chi connectivity index (χ1v) is 11.2. The zero-order valence-corrected chi connectivity index (χ0v) is 18.0. The van der Waals surface area contributed by atoms with Crippen LogP contribution in [-0.4, -0.2) is 58.1 Å². The number of amides is 1. The van der Waals surface area contributed by atoms with Crippen molar-refractivity contribution in [3.8, 4) is 11.4 Å². The first-order chi connectivity index (χ1) is 15.8. The molecule has 1 saturated heterocycles. The van der Waals surface area contributed by atoms with E-state index >= 15 is 0 Å². The molecule has 0 saturated carbocycles. The second-order valence-electron chi connectivity index (χ2n) is 8.23. The molecule has 5 rings (SSSR count). The first kappa shape index (κ1) is 20.6. The first-order valence-electron chi connectivity index (χ1n) is 11.2. The van der Waals surface area contributed by atoms with Gasteiger partial charge in [-0.3, -0.25) is 9.78 Å². The van der Waals surface area contributed by atoms with Crippen LogP contribution < -0.4 is 5.32 Å². The molecule has 3 heterocycles. The third kappa shape index (κ3) is 4.48. The van der Waals surface area contributed by atoms with E-state index < -0.39 is 6.04 Å². The summed E-state index contributed by atoms with van der Waals surface area (Å²) < 4.78 is 5.45. The van der Waals surface area contributed by atoms with Gasteiger partial charge in [-0.15, -0.1) is 0 Å². The highest BCUT2D eigenvalue weighted by Crippen LogP contribution is 2.30. The Labute approximate surface area is 187 Å². The Kier molecular flexibility index (Phi) is 6.07. The van der Waals surface area contributed by atoms with Crippen LogP contribution in [0.25, 0.3) is 11.4 Å². The average Bonchev–Trinajstić information content (AvgIpc) is 3.34. The summed E-state index contributed by atoms with van der Waals surface area (Å²) in [6.07, 6.45) is 7.02. The largest absolute Gasteiger partial charge is 0.378 e. The molecule has 1 amide bonds. The summed E-state index contributed by atoms with van der Waals surface area (Å²) in [7, 11) is 0. The lowest BCUT2D eigenvalue weighted by molar-refractivity contribution is -0.136. The topological polar surface area (TPSA) is 80.2 Å². The van der Waals surface area contributed by atoms with Gasteiger partial charge in [0.1, 0.15) is 11.9 Å². The van der Waals surface area contributed by atoms with E-state index in [2.05, 4.69) is 22.4 Å². The number of ether oxygens (including phenoxy) is 1. The molecule has 0 spiro atoms. The van der Waals surface area contributed by atoms with Crippen LogP contribution in [0.4, 0.5) is 5.82 Å². The Hall–Kier alpha value is -3.32. The molecule has 7 nitrogen and oxygen atoms in total.